The largest absolute Gasteiger partial charge is 0.492 e. The third kappa shape index (κ3) is 4.92. The van der Waals surface area contributed by atoms with E-state index in [-0.39, 0.29) is 11.1 Å². The zero-order valence-electron chi connectivity index (χ0n) is 13.1. The molecule has 0 aliphatic heterocycles. The predicted molar refractivity (Wildman–Crippen MR) is 89.4 cm³/mol. The smallest absolute Gasteiger partial charge is 0.273 e. The number of non-ortho nitro benzene ring substituents is 1. The van der Waals surface area contributed by atoms with Gasteiger partial charge in [0.15, 0.2) is 0 Å². The van der Waals surface area contributed by atoms with Gasteiger partial charge in [-0.3, -0.25) is 10.1 Å². The molecule has 5 heteroatoms. The zero-order valence-corrected chi connectivity index (χ0v) is 14.0. The molecule has 118 valence electrons. The molecule has 0 unspecified atom stereocenters. The molecule has 1 aromatic rings. The molecule has 1 rings (SSSR count). The maximum Gasteiger partial charge on any atom is 0.273 e. The van der Waals surface area contributed by atoms with Gasteiger partial charge < -0.3 is 4.74 Å². The first kappa shape index (κ1) is 17.8. The van der Waals surface area contributed by atoms with Gasteiger partial charge in [0.25, 0.3) is 5.69 Å². The second kappa shape index (κ2) is 8.27. The van der Waals surface area contributed by atoms with E-state index in [2.05, 4.69) is 26.5 Å². The Balaban J connectivity index is 2.88. The average Bonchev–Trinajstić information content (AvgIpc) is 2.46. The van der Waals surface area contributed by atoms with Crippen molar-refractivity contribution in [1.29, 1.82) is 0 Å². The SMILES string of the molecule is CCCC(CS)(CCC)COc1cc([N+](=O)[O-])ccc1C. The van der Waals surface area contributed by atoms with Gasteiger partial charge in [-0.1, -0.05) is 26.7 Å². The molecule has 0 aliphatic carbocycles. The minimum absolute atomic E-state index is 0.0453. The number of nitro benzene ring substituents is 1. The number of thiol groups is 1. The van der Waals surface area contributed by atoms with Gasteiger partial charge in [-0.05, 0) is 37.1 Å². The lowest BCUT2D eigenvalue weighted by Gasteiger charge is -2.32. The van der Waals surface area contributed by atoms with Crippen molar-refractivity contribution in [1.82, 2.24) is 0 Å². The summed E-state index contributed by atoms with van der Waals surface area (Å²) in [6.07, 6.45) is 4.27. The highest BCUT2D eigenvalue weighted by atomic mass is 32.1. The van der Waals surface area contributed by atoms with Crippen LogP contribution in [0.2, 0.25) is 0 Å². The molecule has 4 nitrogen and oxygen atoms in total. The first-order valence-electron chi connectivity index (χ1n) is 7.46. The lowest BCUT2D eigenvalue weighted by Crippen LogP contribution is -2.30. The summed E-state index contributed by atoms with van der Waals surface area (Å²) in [7, 11) is 0. The van der Waals surface area contributed by atoms with Crippen molar-refractivity contribution in [2.75, 3.05) is 12.4 Å². The van der Waals surface area contributed by atoms with E-state index in [9.17, 15) is 10.1 Å². The van der Waals surface area contributed by atoms with Gasteiger partial charge in [0.2, 0.25) is 0 Å². The van der Waals surface area contributed by atoms with Crippen LogP contribution in [0.4, 0.5) is 5.69 Å². The van der Waals surface area contributed by atoms with E-state index in [4.69, 9.17) is 4.74 Å². The highest BCUT2D eigenvalue weighted by Crippen LogP contribution is 2.33. The Morgan fingerprint density at radius 2 is 1.90 bits per heavy atom. The third-order valence-electron chi connectivity index (χ3n) is 3.81. The normalized spacial score (nSPS) is 11.4. The number of hydrogen-bond acceptors (Lipinski definition) is 4. The number of nitro groups is 1. The molecule has 0 spiro atoms. The summed E-state index contributed by atoms with van der Waals surface area (Å²) >= 11 is 4.51. The van der Waals surface area contributed by atoms with Gasteiger partial charge >= 0.3 is 0 Å². The molecular formula is C16H25NO3S. The first-order chi connectivity index (χ1) is 9.98. The minimum atomic E-state index is -0.393. The maximum atomic E-state index is 10.9. The second-order valence-corrected chi connectivity index (χ2v) is 5.97. The van der Waals surface area contributed by atoms with Crippen LogP contribution in [0.25, 0.3) is 0 Å². The Morgan fingerprint density at radius 3 is 2.38 bits per heavy atom. The zero-order chi connectivity index (χ0) is 15.9. The van der Waals surface area contributed by atoms with Crippen LogP contribution in [0.3, 0.4) is 0 Å². The number of rotatable bonds is 9. The molecule has 0 saturated heterocycles. The monoisotopic (exact) mass is 311 g/mol. The van der Waals surface area contributed by atoms with Crippen molar-refractivity contribution >= 4 is 18.3 Å². The van der Waals surface area contributed by atoms with Crippen molar-refractivity contribution in [3.05, 3.63) is 33.9 Å². The van der Waals surface area contributed by atoms with Crippen molar-refractivity contribution in [3.8, 4) is 5.75 Å². The second-order valence-electron chi connectivity index (χ2n) is 5.65. The molecule has 0 amide bonds. The quantitative estimate of drug-likeness (QED) is 0.405. The van der Waals surface area contributed by atoms with Crippen molar-refractivity contribution in [2.45, 2.75) is 46.5 Å². The molecule has 0 heterocycles. The predicted octanol–water partition coefficient (Wildman–Crippen LogP) is 4.80. The number of ether oxygens (including phenoxy) is 1. The van der Waals surface area contributed by atoms with E-state index in [1.54, 1.807) is 6.07 Å². The Kier molecular flexibility index (Phi) is 7.02. The van der Waals surface area contributed by atoms with Gasteiger partial charge in [0, 0.05) is 11.5 Å². The van der Waals surface area contributed by atoms with E-state index in [1.807, 2.05) is 6.92 Å². The molecule has 1 aromatic carbocycles. The molecule has 0 aliphatic rings. The van der Waals surface area contributed by atoms with Gasteiger partial charge in [0.05, 0.1) is 17.6 Å². The lowest BCUT2D eigenvalue weighted by atomic mass is 9.82. The molecule has 0 radical (unpaired) electrons. The Bertz CT molecular complexity index is 471. The molecule has 0 atom stereocenters. The molecule has 0 aromatic heterocycles. The summed E-state index contributed by atoms with van der Waals surface area (Å²) in [5.41, 5.74) is 1.03. The Morgan fingerprint density at radius 1 is 1.29 bits per heavy atom. The minimum Gasteiger partial charge on any atom is -0.492 e. The third-order valence-corrected chi connectivity index (χ3v) is 4.48. The fourth-order valence-electron chi connectivity index (χ4n) is 2.62. The summed E-state index contributed by atoms with van der Waals surface area (Å²) in [6, 6.07) is 4.75. The summed E-state index contributed by atoms with van der Waals surface area (Å²) in [5.74, 6) is 1.37. The van der Waals surface area contributed by atoms with Crippen LogP contribution in [0.5, 0.6) is 5.75 Å². The number of aryl methyl sites for hydroxylation is 1. The van der Waals surface area contributed by atoms with Crippen LogP contribution in [0.1, 0.15) is 45.1 Å². The van der Waals surface area contributed by atoms with Crippen LogP contribution in [-0.4, -0.2) is 17.3 Å². The summed E-state index contributed by atoms with van der Waals surface area (Å²) in [6.45, 7) is 6.78. The summed E-state index contributed by atoms with van der Waals surface area (Å²) in [5, 5.41) is 10.9. The number of nitrogens with zero attached hydrogens (tertiary/aromatic N) is 1. The highest BCUT2D eigenvalue weighted by Gasteiger charge is 2.28. The van der Waals surface area contributed by atoms with E-state index in [0.717, 1.165) is 37.0 Å². The molecule has 0 saturated carbocycles. The van der Waals surface area contributed by atoms with Crippen LogP contribution in [0, 0.1) is 22.5 Å². The van der Waals surface area contributed by atoms with Gasteiger partial charge in [-0.15, -0.1) is 0 Å². The first-order valence-corrected chi connectivity index (χ1v) is 8.10. The Hall–Kier alpha value is -1.23. The summed E-state index contributed by atoms with van der Waals surface area (Å²) < 4.78 is 5.94. The van der Waals surface area contributed by atoms with Crippen LogP contribution < -0.4 is 4.74 Å². The van der Waals surface area contributed by atoms with E-state index in [1.165, 1.54) is 12.1 Å². The van der Waals surface area contributed by atoms with Crippen LogP contribution >= 0.6 is 12.6 Å². The molecule has 21 heavy (non-hydrogen) atoms. The number of benzene rings is 1. The van der Waals surface area contributed by atoms with Crippen molar-refractivity contribution < 1.29 is 9.66 Å². The highest BCUT2D eigenvalue weighted by molar-refractivity contribution is 7.80. The van der Waals surface area contributed by atoms with E-state index >= 15 is 0 Å². The van der Waals surface area contributed by atoms with E-state index in [0.29, 0.717) is 12.4 Å². The fraction of sp³-hybridized carbons (Fsp3) is 0.625. The van der Waals surface area contributed by atoms with Gasteiger partial charge in [-0.25, -0.2) is 0 Å². The average molecular weight is 311 g/mol. The molecule has 0 fully saturated rings. The van der Waals surface area contributed by atoms with Crippen molar-refractivity contribution in [2.24, 2.45) is 5.41 Å². The topological polar surface area (TPSA) is 52.4 Å². The lowest BCUT2D eigenvalue weighted by molar-refractivity contribution is -0.385. The fourth-order valence-corrected chi connectivity index (χ4v) is 3.03. The Labute approximate surface area is 132 Å². The molecule has 0 bridgehead atoms. The maximum absolute atomic E-state index is 10.9. The van der Waals surface area contributed by atoms with Crippen LogP contribution in [-0.2, 0) is 0 Å². The van der Waals surface area contributed by atoms with Gasteiger partial charge in [0.1, 0.15) is 5.75 Å². The summed E-state index contributed by atoms with van der Waals surface area (Å²) in [4.78, 5) is 10.5. The molecule has 0 N–H and O–H groups in total. The van der Waals surface area contributed by atoms with Crippen molar-refractivity contribution in [3.63, 3.8) is 0 Å². The van der Waals surface area contributed by atoms with Crippen LogP contribution in [0.15, 0.2) is 18.2 Å². The standard InChI is InChI=1S/C16H25NO3S/c1-4-8-16(12-21,9-5-2)11-20-15-10-14(17(18)19)7-6-13(15)3/h6-7,10,21H,4-5,8-9,11-12H2,1-3H3. The van der Waals surface area contributed by atoms with Gasteiger partial charge in [-0.2, -0.15) is 12.6 Å². The van der Waals surface area contributed by atoms with E-state index < -0.39 is 4.92 Å². The number of hydrogen-bond donors (Lipinski definition) is 1. The molecular weight excluding hydrogens is 286 g/mol.